The maximum Gasteiger partial charge on any atom is 0.264 e. The molecule has 11 heteroatoms. The molecule has 2 amide bonds. The van der Waals surface area contributed by atoms with Crippen molar-refractivity contribution >= 4 is 36.4 Å². The number of aromatic nitrogens is 3. The Morgan fingerprint density at radius 2 is 1.96 bits per heavy atom. The van der Waals surface area contributed by atoms with Crippen molar-refractivity contribution in [1.29, 1.82) is 0 Å². The molecular formula is C35H45N5O5Si. The first kappa shape index (κ1) is 32.2. The van der Waals surface area contributed by atoms with Gasteiger partial charge < -0.3 is 24.4 Å². The molecule has 0 unspecified atom stereocenters. The SMILES string of the molecule is C=CCN1C(=O)[C@]2(O[C@H](CCn3cc(CCO)nn3)[C@@H]([Si](C)(C)c3ccc(OC)cc3)[C@@H]2C)c2cc(N3CCCCC3=O)ccc21. The highest BCUT2D eigenvalue weighted by Crippen LogP contribution is 2.60. The zero-order chi connectivity index (χ0) is 32.6. The van der Waals surface area contributed by atoms with Crippen LogP contribution in [0.2, 0.25) is 18.6 Å². The number of aliphatic hydroxyl groups excluding tert-OH is 1. The standard InChI is InChI=1S/C35H45N5O5Si/c1-6-18-40-30-15-10-26(39-19-8-7-9-32(39)42)22-29(30)35(34(40)43)24(2)33(46(4,5)28-13-11-27(44-3)12-14-28)31(45-35)16-20-38-23-25(17-21-41)36-37-38/h6,10-15,22-24,31,33,41H,1,7-9,16-21H2,2-5H3/t24-,31+,33-,35+/m0/s1. The zero-order valence-corrected chi connectivity index (χ0v) is 28.3. The van der Waals surface area contributed by atoms with Crippen LogP contribution in [0.4, 0.5) is 11.4 Å². The van der Waals surface area contributed by atoms with Gasteiger partial charge in [-0.3, -0.25) is 14.3 Å². The molecule has 0 bridgehead atoms. The Hall–Kier alpha value is -3.80. The highest BCUT2D eigenvalue weighted by Gasteiger charge is 2.66. The Bertz CT molecular complexity index is 1610. The number of carbonyl (C=O) groups excluding carboxylic acids is 2. The molecule has 2 fully saturated rings. The monoisotopic (exact) mass is 643 g/mol. The van der Waals surface area contributed by atoms with Gasteiger partial charge in [0.1, 0.15) is 5.75 Å². The molecule has 244 valence electrons. The van der Waals surface area contributed by atoms with E-state index >= 15 is 0 Å². The predicted molar refractivity (Wildman–Crippen MR) is 180 cm³/mol. The number of ether oxygens (including phenoxy) is 2. The van der Waals surface area contributed by atoms with Crippen molar-refractivity contribution in [2.45, 2.75) is 75.9 Å². The summed E-state index contributed by atoms with van der Waals surface area (Å²) in [5, 5.41) is 19.1. The van der Waals surface area contributed by atoms with Crippen LogP contribution in [-0.2, 0) is 32.9 Å². The van der Waals surface area contributed by atoms with E-state index in [9.17, 15) is 14.7 Å². The Labute approximate surface area is 272 Å². The average Bonchev–Trinajstić information content (AvgIpc) is 3.70. The third kappa shape index (κ3) is 5.37. The van der Waals surface area contributed by atoms with Crippen LogP contribution in [0.1, 0.15) is 43.9 Å². The number of methoxy groups -OCH3 is 1. The first-order chi connectivity index (χ1) is 22.1. The van der Waals surface area contributed by atoms with E-state index in [2.05, 4.69) is 49.0 Å². The summed E-state index contributed by atoms with van der Waals surface area (Å²) in [7, 11) is -0.639. The van der Waals surface area contributed by atoms with Crippen LogP contribution in [0.5, 0.6) is 5.75 Å². The molecule has 4 atom stereocenters. The lowest BCUT2D eigenvalue weighted by molar-refractivity contribution is -0.145. The summed E-state index contributed by atoms with van der Waals surface area (Å²) < 4.78 is 14.5. The van der Waals surface area contributed by atoms with Gasteiger partial charge in [0, 0.05) is 62.4 Å². The van der Waals surface area contributed by atoms with E-state index in [0.717, 1.165) is 41.2 Å². The van der Waals surface area contributed by atoms with Crippen molar-refractivity contribution < 1.29 is 24.2 Å². The molecule has 1 aromatic heterocycles. The number of aliphatic hydroxyl groups is 1. The van der Waals surface area contributed by atoms with Crippen molar-refractivity contribution in [2.24, 2.45) is 5.92 Å². The van der Waals surface area contributed by atoms with Crippen molar-refractivity contribution in [3.05, 3.63) is 72.6 Å². The predicted octanol–water partition coefficient (Wildman–Crippen LogP) is 4.18. The molecule has 6 rings (SSSR count). The summed E-state index contributed by atoms with van der Waals surface area (Å²) in [5.41, 5.74) is 2.08. The van der Waals surface area contributed by atoms with E-state index < -0.39 is 13.7 Å². The summed E-state index contributed by atoms with van der Waals surface area (Å²) in [6.45, 7) is 12.5. The van der Waals surface area contributed by atoms with Crippen LogP contribution >= 0.6 is 0 Å². The first-order valence-corrected chi connectivity index (χ1v) is 19.4. The van der Waals surface area contributed by atoms with Crippen LogP contribution in [0.25, 0.3) is 0 Å². The van der Waals surface area contributed by atoms with Gasteiger partial charge in [-0.05, 0) is 55.1 Å². The Balaban J connectivity index is 1.44. The number of piperidine rings is 1. The number of hydrogen-bond acceptors (Lipinski definition) is 7. The molecule has 3 aromatic rings. The van der Waals surface area contributed by atoms with Gasteiger partial charge in [-0.15, -0.1) is 11.7 Å². The Morgan fingerprint density at radius 1 is 1.17 bits per heavy atom. The molecule has 4 heterocycles. The number of amides is 2. The molecule has 1 N–H and O–H groups in total. The topological polar surface area (TPSA) is 110 Å². The highest BCUT2D eigenvalue weighted by molar-refractivity contribution is 6.91. The molecule has 0 saturated carbocycles. The molecule has 0 radical (unpaired) electrons. The lowest BCUT2D eigenvalue weighted by Crippen LogP contribution is -2.52. The highest BCUT2D eigenvalue weighted by atomic mass is 28.3. The average molecular weight is 644 g/mol. The maximum atomic E-state index is 14.7. The number of nitrogens with zero attached hydrogens (tertiary/aromatic N) is 5. The van der Waals surface area contributed by atoms with E-state index in [1.54, 1.807) is 22.8 Å². The van der Waals surface area contributed by atoms with Gasteiger partial charge >= 0.3 is 0 Å². The summed E-state index contributed by atoms with van der Waals surface area (Å²) in [4.78, 5) is 31.4. The second kappa shape index (κ2) is 12.8. The minimum atomic E-state index is -2.31. The third-order valence-corrected chi connectivity index (χ3v) is 14.7. The number of carbonyl (C=O) groups is 2. The molecule has 3 aliphatic heterocycles. The van der Waals surface area contributed by atoms with Crippen LogP contribution in [0, 0.1) is 5.92 Å². The molecule has 1 spiro atoms. The molecule has 3 aliphatic rings. The maximum absolute atomic E-state index is 14.7. The number of benzene rings is 2. The van der Waals surface area contributed by atoms with Gasteiger partial charge in [-0.2, -0.15) is 0 Å². The summed E-state index contributed by atoms with van der Waals surface area (Å²) in [5.74, 6) is 0.692. The molecule has 0 aliphatic carbocycles. The molecular weight excluding hydrogens is 599 g/mol. The number of aryl methyl sites for hydroxylation is 1. The van der Waals surface area contributed by atoms with Gasteiger partial charge in [0.15, 0.2) is 5.60 Å². The van der Waals surface area contributed by atoms with Crippen LogP contribution in [0.3, 0.4) is 0 Å². The van der Waals surface area contributed by atoms with Crippen LogP contribution in [0.15, 0.2) is 61.3 Å². The van der Waals surface area contributed by atoms with Crippen molar-refractivity contribution in [1.82, 2.24) is 15.0 Å². The first-order valence-electron chi connectivity index (χ1n) is 16.4. The second-order valence-corrected chi connectivity index (χ2v) is 18.0. The quantitative estimate of drug-likeness (QED) is 0.247. The fraction of sp³-hybridized carbons (Fsp3) is 0.486. The van der Waals surface area contributed by atoms with Crippen LogP contribution < -0.4 is 19.7 Å². The van der Waals surface area contributed by atoms with E-state index in [-0.39, 0.29) is 36.0 Å². The summed E-state index contributed by atoms with van der Waals surface area (Å²) in [6, 6.07) is 14.3. The van der Waals surface area contributed by atoms with Crippen molar-refractivity contribution in [2.75, 3.05) is 36.6 Å². The molecule has 2 saturated heterocycles. The summed E-state index contributed by atoms with van der Waals surface area (Å²) >= 11 is 0. The van der Waals surface area contributed by atoms with Gasteiger partial charge in [-0.1, -0.05) is 48.6 Å². The smallest absolute Gasteiger partial charge is 0.264 e. The van der Waals surface area contributed by atoms with Gasteiger partial charge in [0.2, 0.25) is 5.91 Å². The van der Waals surface area contributed by atoms with Gasteiger partial charge in [0.05, 0.1) is 32.7 Å². The lowest BCUT2D eigenvalue weighted by Gasteiger charge is -2.37. The van der Waals surface area contributed by atoms with Gasteiger partial charge in [-0.25, -0.2) is 0 Å². The lowest BCUT2D eigenvalue weighted by atomic mass is 9.82. The van der Waals surface area contributed by atoms with Gasteiger partial charge in [0.25, 0.3) is 5.91 Å². The molecule has 46 heavy (non-hydrogen) atoms. The van der Waals surface area contributed by atoms with E-state index in [1.165, 1.54) is 5.19 Å². The van der Waals surface area contributed by atoms with E-state index in [0.29, 0.717) is 38.9 Å². The Kier molecular flexibility index (Phi) is 8.93. The van der Waals surface area contributed by atoms with Crippen molar-refractivity contribution in [3.63, 3.8) is 0 Å². The number of fused-ring (bicyclic) bond motifs is 2. The fourth-order valence-corrected chi connectivity index (χ4v) is 12.1. The molecule has 2 aromatic carbocycles. The molecule has 10 nitrogen and oxygen atoms in total. The zero-order valence-electron chi connectivity index (χ0n) is 27.3. The number of anilines is 2. The summed E-state index contributed by atoms with van der Waals surface area (Å²) in [6.07, 6.45) is 6.85. The Morgan fingerprint density at radius 3 is 2.65 bits per heavy atom. The normalized spacial score (nSPS) is 24.6. The minimum absolute atomic E-state index is 0.0158. The van der Waals surface area contributed by atoms with E-state index in [1.807, 2.05) is 41.4 Å². The third-order valence-electron chi connectivity index (χ3n) is 10.4. The largest absolute Gasteiger partial charge is 0.497 e. The number of hydrogen-bond donors (Lipinski definition) is 1. The number of rotatable bonds is 11. The van der Waals surface area contributed by atoms with Crippen molar-refractivity contribution in [3.8, 4) is 5.75 Å². The minimum Gasteiger partial charge on any atom is -0.497 e. The van der Waals surface area contributed by atoms with Crippen LogP contribution in [-0.4, -0.2) is 72.9 Å². The van der Waals surface area contributed by atoms with E-state index in [4.69, 9.17) is 9.47 Å². The second-order valence-electron chi connectivity index (χ2n) is 13.3. The fourth-order valence-electron chi connectivity index (χ4n) is 8.06.